The van der Waals surface area contributed by atoms with E-state index in [0.717, 1.165) is 19.1 Å². The topological polar surface area (TPSA) is 32.5 Å². The van der Waals surface area contributed by atoms with Crippen LogP contribution in [0.3, 0.4) is 0 Å². The van der Waals surface area contributed by atoms with E-state index in [0.29, 0.717) is 0 Å². The van der Waals surface area contributed by atoms with Gasteiger partial charge in [-0.05, 0) is 45.3 Å². The first kappa shape index (κ1) is 10.4. The summed E-state index contributed by atoms with van der Waals surface area (Å²) in [6.07, 6.45) is 5.57. The second-order valence-corrected chi connectivity index (χ2v) is 4.63. The van der Waals surface area contributed by atoms with Crippen molar-refractivity contribution in [1.82, 2.24) is 9.80 Å². The lowest BCUT2D eigenvalue weighted by molar-refractivity contribution is 0.195. The average Bonchev–Trinajstić information content (AvgIpc) is 2.80. The van der Waals surface area contributed by atoms with Crippen molar-refractivity contribution in [3.63, 3.8) is 0 Å². The van der Waals surface area contributed by atoms with Crippen molar-refractivity contribution in [3.05, 3.63) is 0 Å². The molecule has 0 aliphatic carbocycles. The minimum Gasteiger partial charge on any atom is -0.329 e. The van der Waals surface area contributed by atoms with Gasteiger partial charge >= 0.3 is 0 Å². The van der Waals surface area contributed by atoms with Crippen LogP contribution in [0.4, 0.5) is 0 Å². The second-order valence-electron chi connectivity index (χ2n) is 4.63. The SMILES string of the molecule is NCCN1CCC[C@@H]1CN1CCCC1. The molecule has 82 valence electrons. The Bertz CT molecular complexity index is 166. The number of nitrogens with zero attached hydrogens (tertiary/aromatic N) is 2. The fraction of sp³-hybridized carbons (Fsp3) is 1.00. The molecule has 2 N–H and O–H groups in total. The number of nitrogens with two attached hydrogens (primary N) is 1. The molecule has 1 atom stereocenters. The summed E-state index contributed by atoms with van der Waals surface area (Å²) in [7, 11) is 0. The van der Waals surface area contributed by atoms with Crippen LogP contribution in [-0.4, -0.2) is 55.1 Å². The third kappa shape index (κ3) is 2.47. The Hall–Kier alpha value is -0.120. The van der Waals surface area contributed by atoms with Gasteiger partial charge in [-0.15, -0.1) is 0 Å². The third-order valence-corrected chi connectivity index (χ3v) is 3.58. The molecule has 0 unspecified atom stereocenters. The van der Waals surface area contributed by atoms with Crippen molar-refractivity contribution >= 4 is 0 Å². The molecule has 2 heterocycles. The molecule has 0 aromatic heterocycles. The van der Waals surface area contributed by atoms with Gasteiger partial charge in [-0.25, -0.2) is 0 Å². The lowest BCUT2D eigenvalue weighted by Gasteiger charge is -2.27. The van der Waals surface area contributed by atoms with Gasteiger partial charge in [0, 0.05) is 25.7 Å². The number of rotatable bonds is 4. The molecule has 0 radical (unpaired) electrons. The fourth-order valence-electron chi connectivity index (χ4n) is 2.83. The first-order valence-corrected chi connectivity index (χ1v) is 6.06. The van der Waals surface area contributed by atoms with Gasteiger partial charge in [-0.1, -0.05) is 0 Å². The Balaban J connectivity index is 1.77. The van der Waals surface area contributed by atoms with Gasteiger partial charge in [0.25, 0.3) is 0 Å². The van der Waals surface area contributed by atoms with Crippen LogP contribution in [0.25, 0.3) is 0 Å². The molecule has 0 saturated carbocycles. The van der Waals surface area contributed by atoms with E-state index < -0.39 is 0 Å². The molecule has 2 rings (SSSR count). The zero-order valence-electron chi connectivity index (χ0n) is 9.12. The molecule has 0 bridgehead atoms. The maximum absolute atomic E-state index is 5.62. The first-order valence-electron chi connectivity index (χ1n) is 6.06. The van der Waals surface area contributed by atoms with Gasteiger partial charge < -0.3 is 10.6 Å². The predicted octanol–water partition coefficient (Wildman–Crippen LogP) is 0.505. The molecule has 2 fully saturated rings. The average molecular weight is 197 g/mol. The summed E-state index contributed by atoms with van der Waals surface area (Å²) in [5, 5.41) is 0. The van der Waals surface area contributed by atoms with Crippen molar-refractivity contribution in [1.29, 1.82) is 0 Å². The van der Waals surface area contributed by atoms with E-state index in [1.165, 1.54) is 51.9 Å². The number of hydrogen-bond donors (Lipinski definition) is 1. The largest absolute Gasteiger partial charge is 0.329 e. The van der Waals surface area contributed by atoms with E-state index in [9.17, 15) is 0 Å². The van der Waals surface area contributed by atoms with Gasteiger partial charge in [-0.3, -0.25) is 4.90 Å². The second kappa shape index (κ2) is 5.10. The molecule has 2 saturated heterocycles. The van der Waals surface area contributed by atoms with Gasteiger partial charge in [-0.2, -0.15) is 0 Å². The smallest absolute Gasteiger partial charge is 0.0224 e. The quantitative estimate of drug-likeness (QED) is 0.712. The molecule has 0 spiro atoms. The van der Waals surface area contributed by atoms with E-state index in [2.05, 4.69) is 9.80 Å². The number of likely N-dealkylation sites (tertiary alicyclic amines) is 2. The highest BCUT2D eigenvalue weighted by atomic mass is 15.2. The lowest BCUT2D eigenvalue weighted by Crippen LogP contribution is -2.41. The van der Waals surface area contributed by atoms with Crippen LogP contribution in [-0.2, 0) is 0 Å². The lowest BCUT2D eigenvalue weighted by atomic mass is 10.2. The van der Waals surface area contributed by atoms with Crippen molar-refractivity contribution in [3.8, 4) is 0 Å². The molecule has 3 heteroatoms. The standard InChI is InChI=1S/C11H23N3/c12-5-9-14-8-3-4-11(14)10-13-6-1-2-7-13/h11H,1-10,12H2/t11-/m1/s1. The van der Waals surface area contributed by atoms with Crippen molar-refractivity contribution in [2.45, 2.75) is 31.7 Å². The Labute approximate surface area is 87.2 Å². The minimum atomic E-state index is 0.802. The Kier molecular flexibility index (Phi) is 3.79. The molecular formula is C11H23N3. The van der Waals surface area contributed by atoms with Gasteiger partial charge in [0.2, 0.25) is 0 Å². The molecule has 0 aromatic rings. The summed E-state index contributed by atoms with van der Waals surface area (Å²) in [4.78, 5) is 5.21. The van der Waals surface area contributed by atoms with E-state index >= 15 is 0 Å². The Morgan fingerprint density at radius 2 is 1.86 bits per heavy atom. The summed E-state index contributed by atoms with van der Waals surface area (Å²) < 4.78 is 0. The molecule has 0 aromatic carbocycles. The molecule has 2 aliphatic rings. The van der Waals surface area contributed by atoms with Crippen LogP contribution in [0, 0.1) is 0 Å². The zero-order chi connectivity index (χ0) is 9.80. The van der Waals surface area contributed by atoms with E-state index in [4.69, 9.17) is 5.73 Å². The minimum absolute atomic E-state index is 0.802. The maximum Gasteiger partial charge on any atom is 0.0224 e. The van der Waals surface area contributed by atoms with Crippen LogP contribution in [0.2, 0.25) is 0 Å². The Morgan fingerprint density at radius 1 is 1.07 bits per heavy atom. The van der Waals surface area contributed by atoms with Gasteiger partial charge in [0.1, 0.15) is 0 Å². The molecule has 14 heavy (non-hydrogen) atoms. The van der Waals surface area contributed by atoms with E-state index in [1.54, 1.807) is 0 Å². The van der Waals surface area contributed by atoms with Crippen LogP contribution in [0.1, 0.15) is 25.7 Å². The van der Waals surface area contributed by atoms with Gasteiger partial charge in [0.05, 0.1) is 0 Å². The first-order chi connectivity index (χ1) is 6.90. The highest BCUT2D eigenvalue weighted by Gasteiger charge is 2.26. The summed E-state index contributed by atoms with van der Waals surface area (Å²) in [5.74, 6) is 0. The van der Waals surface area contributed by atoms with Crippen LogP contribution in [0.5, 0.6) is 0 Å². The summed E-state index contributed by atoms with van der Waals surface area (Å²) >= 11 is 0. The van der Waals surface area contributed by atoms with Crippen LogP contribution < -0.4 is 5.73 Å². The van der Waals surface area contributed by atoms with Crippen LogP contribution in [0.15, 0.2) is 0 Å². The summed E-state index contributed by atoms with van der Waals surface area (Å²) in [6.45, 7) is 7.13. The predicted molar refractivity (Wildman–Crippen MR) is 59.3 cm³/mol. The third-order valence-electron chi connectivity index (χ3n) is 3.58. The fourth-order valence-corrected chi connectivity index (χ4v) is 2.83. The zero-order valence-corrected chi connectivity index (χ0v) is 9.12. The Morgan fingerprint density at radius 3 is 2.57 bits per heavy atom. The van der Waals surface area contributed by atoms with Crippen molar-refractivity contribution in [2.24, 2.45) is 5.73 Å². The molecular weight excluding hydrogens is 174 g/mol. The highest BCUT2D eigenvalue weighted by molar-refractivity contribution is 4.83. The molecule has 3 nitrogen and oxygen atoms in total. The highest BCUT2D eigenvalue weighted by Crippen LogP contribution is 2.19. The van der Waals surface area contributed by atoms with Crippen molar-refractivity contribution in [2.75, 3.05) is 39.3 Å². The number of hydrogen-bond acceptors (Lipinski definition) is 3. The summed E-state index contributed by atoms with van der Waals surface area (Å²) in [6, 6.07) is 0.802. The van der Waals surface area contributed by atoms with E-state index in [-0.39, 0.29) is 0 Å². The summed E-state index contributed by atoms with van der Waals surface area (Å²) in [5.41, 5.74) is 5.62. The molecule has 0 amide bonds. The monoisotopic (exact) mass is 197 g/mol. The van der Waals surface area contributed by atoms with Gasteiger partial charge in [0.15, 0.2) is 0 Å². The van der Waals surface area contributed by atoms with Crippen molar-refractivity contribution < 1.29 is 0 Å². The maximum atomic E-state index is 5.62. The normalized spacial score (nSPS) is 30.2. The molecule has 2 aliphatic heterocycles. The van der Waals surface area contributed by atoms with E-state index in [1.807, 2.05) is 0 Å². The van der Waals surface area contributed by atoms with Crippen LogP contribution >= 0.6 is 0 Å².